The molecular weight excluding hydrogens is 407 g/mol. The Kier molecular flexibility index (Phi) is 7.14. The van der Waals surface area contributed by atoms with Crippen molar-refractivity contribution in [3.63, 3.8) is 0 Å². The van der Waals surface area contributed by atoms with E-state index in [1.807, 2.05) is 0 Å². The summed E-state index contributed by atoms with van der Waals surface area (Å²) >= 11 is 6.26. The third-order valence-electron chi connectivity index (χ3n) is 4.41. The van der Waals surface area contributed by atoms with E-state index in [4.69, 9.17) is 16.3 Å². The number of nitrogens with zero attached hydrogens (tertiary/aromatic N) is 1. The lowest BCUT2D eigenvalue weighted by molar-refractivity contribution is -0.143. The Morgan fingerprint density at radius 1 is 1.13 bits per heavy atom. The van der Waals surface area contributed by atoms with Gasteiger partial charge in [0.1, 0.15) is 5.82 Å². The summed E-state index contributed by atoms with van der Waals surface area (Å²) in [6.07, 6.45) is 1.35. The molecule has 7 heteroatoms. The van der Waals surface area contributed by atoms with Gasteiger partial charge in [-0.05, 0) is 42.8 Å². The van der Waals surface area contributed by atoms with Gasteiger partial charge in [-0.3, -0.25) is 14.6 Å². The van der Waals surface area contributed by atoms with Crippen LogP contribution in [0.25, 0.3) is 11.3 Å². The van der Waals surface area contributed by atoms with Crippen molar-refractivity contribution >= 4 is 23.5 Å². The number of carbonyl (C=O) groups excluding carboxylic acids is 2. The minimum Gasteiger partial charge on any atom is -0.466 e. The Morgan fingerprint density at radius 2 is 1.93 bits per heavy atom. The molecule has 0 aliphatic carbocycles. The van der Waals surface area contributed by atoms with E-state index >= 15 is 0 Å². The van der Waals surface area contributed by atoms with Crippen molar-refractivity contribution in [1.29, 1.82) is 0 Å². The molecule has 0 fully saturated rings. The first-order valence-corrected chi connectivity index (χ1v) is 9.78. The summed E-state index contributed by atoms with van der Waals surface area (Å²) in [4.78, 5) is 29.1. The van der Waals surface area contributed by atoms with Gasteiger partial charge in [-0.15, -0.1) is 0 Å². The van der Waals surface area contributed by atoms with Crippen molar-refractivity contribution < 1.29 is 18.7 Å². The molecule has 1 heterocycles. The molecule has 5 nitrogen and oxygen atoms in total. The predicted octanol–water partition coefficient (Wildman–Crippen LogP) is 4.97. The standard InChI is InChI=1S/C23H20ClFN2O3/c1-2-30-22(28)13-21(18-8-3-4-9-19(18)24)27-23(29)16-10-11-20(26-14-16)15-6-5-7-17(25)12-15/h3-12,14,21H,2,13H2,1H3,(H,27,29). The quantitative estimate of drug-likeness (QED) is 0.542. The number of hydrogen-bond acceptors (Lipinski definition) is 4. The van der Waals surface area contributed by atoms with Gasteiger partial charge < -0.3 is 10.1 Å². The Bertz CT molecular complexity index is 1040. The van der Waals surface area contributed by atoms with Gasteiger partial charge in [-0.2, -0.15) is 0 Å². The van der Waals surface area contributed by atoms with Gasteiger partial charge in [-0.25, -0.2) is 4.39 Å². The first-order valence-electron chi connectivity index (χ1n) is 9.41. The Hall–Kier alpha value is -3.25. The van der Waals surface area contributed by atoms with Gasteiger partial charge in [0.2, 0.25) is 0 Å². The zero-order valence-electron chi connectivity index (χ0n) is 16.3. The number of carbonyl (C=O) groups is 2. The van der Waals surface area contributed by atoms with E-state index in [0.717, 1.165) is 0 Å². The predicted molar refractivity (Wildman–Crippen MR) is 113 cm³/mol. The molecule has 2 aromatic carbocycles. The summed E-state index contributed by atoms with van der Waals surface area (Å²) in [5.74, 6) is -1.22. The lowest BCUT2D eigenvalue weighted by Crippen LogP contribution is -2.31. The van der Waals surface area contributed by atoms with Crippen LogP contribution < -0.4 is 5.32 Å². The molecule has 1 amide bonds. The number of ether oxygens (including phenoxy) is 1. The average molecular weight is 427 g/mol. The highest BCUT2D eigenvalue weighted by atomic mass is 35.5. The van der Waals surface area contributed by atoms with Crippen LogP contribution >= 0.6 is 11.6 Å². The van der Waals surface area contributed by atoms with Gasteiger partial charge in [0.05, 0.1) is 30.3 Å². The molecule has 0 saturated heterocycles. The Labute approximate surface area is 178 Å². The van der Waals surface area contributed by atoms with Gasteiger partial charge in [0.25, 0.3) is 5.91 Å². The van der Waals surface area contributed by atoms with E-state index in [9.17, 15) is 14.0 Å². The number of aromatic nitrogens is 1. The van der Waals surface area contributed by atoms with Gasteiger partial charge >= 0.3 is 5.97 Å². The highest BCUT2D eigenvalue weighted by Gasteiger charge is 2.22. The molecular formula is C23H20ClFN2O3. The van der Waals surface area contributed by atoms with Gasteiger partial charge in [0, 0.05) is 16.8 Å². The van der Waals surface area contributed by atoms with Crippen LogP contribution in [0.15, 0.2) is 66.9 Å². The fraction of sp³-hybridized carbons (Fsp3) is 0.174. The average Bonchev–Trinajstić information content (AvgIpc) is 2.74. The monoisotopic (exact) mass is 426 g/mol. The molecule has 0 spiro atoms. The Morgan fingerprint density at radius 3 is 2.60 bits per heavy atom. The summed E-state index contributed by atoms with van der Waals surface area (Å²) in [7, 11) is 0. The molecule has 0 saturated carbocycles. The second-order valence-corrected chi connectivity index (χ2v) is 6.91. The number of halogens is 2. The summed E-state index contributed by atoms with van der Waals surface area (Å²) in [6, 6.07) is 15.6. The maximum Gasteiger partial charge on any atom is 0.308 e. The first-order chi connectivity index (χ1) is 14.5. The van der Waals surface area contributed by atoms with Crippen molar-refractivity contribution in [2.24, 2.45) is 0 Å². The summed E-state index contributed by atoms with van der Waals surface area (Å²) in [5.41, 5.74) is 2.07. The molecule has 3 rings (SSSR count). The minimum absolute atomic E-state index is 0.0574. The highest BCUT2D eigenvalue weighted by molar-refractivity contribution is 6.31. The van der Waals surface area contributed by atoms with Crippen molar-refractivity contribution in [3.05, 3.63) is 88.8 Å². The SMILES string of the molecule is CCOC(=O)CC(NC(=O)c1ccc(-c2cccc(F)c2)nc1)c1ccccc1Cl. The topological polar surface area (TPSA) is 68.3 Å². The van der Waals surface area contributed by atoms with E-state index in [0.29, 0.717) is 27.4 Å². The number of hydrogen-bond donors (Lipinski definition) is 1. The summed E-state index contributed by atoms with van der Waals surface area (Å²) in [6.45, 7) is 1.96. The van der Waals surface area contributed by atoms with Gasteiger partial charge in [0.15, 0.2) is 0 Å². The second kappa shape index (κ2) is 9.98. The van der Waals surface area contributed by atoms with Crippen LogP contribution in [0.4, 0.5) is 4.39 Å². The highest BCUT2D eigenvalue weighted by Crippen LogP contribution is 2.26. The van der Waals surface area contributed by atoms with E-state index in [2.05, 4.69) is 10.3 Å². The summed E-state index contributed by atoms with van der Waals surface area (Å²) in [5, 5.41) is 3.26. The zero-order chi connectivity index (χ0) is 21.5. The van der Waals surface area contributed by atoms with Crippen molar-refractivity contribution in [2.75, 3.05) is 6.61 Å². The van der Waals surface area contributed by atoms with Crippen molar-refractivity contribution in [3.8, 4) is 11.3 Å². The molecule has 0 radical (unpaired) electrons. The van der Waals surface area contributed by atoms with E-state index < -0.39 is 17.9 Å². The molecule has 1 N–H and O–H groups in total. The van der Waals surface area contributed by atoms with Crippen LogP contribution in [0, 0.1) is 5.82 Å². The molecule has 0 bridgehead atoms. The van der Waals surface area contributed by atoms with Crippen LogP contribution in [0.1, 0.15) is 35.3 Å². The third kappa shape index (κ3) is 5.42. The molecule has 154 valence electrons. The number of esters is 1. The lowest BCUT2D eigenvalue weighted by atomic mass is 10.0. The Balaban J connectivity index is 1.79. The maximum atomic E-state index is 13.4. The van der Waals surface area contributed by atoms with Crippen molar-refractivity contribution in [2.45, 2.75) is 19.4 Å². The fourth-order valence-electron chi connectivity index (χ4n) is 2.97. The number of rotatable bonds is 7. The van der Waals surface area contributed by atoms with Crippen LogP contribution in [0.2, 0.25) is 5.02 Å². The maximum absolute atomic E-state index is 13.4. The van der Waals surface area contributed by atoms with Crippen LogP contribution in [0.3, 0.4) is 0 Å². The molecule has 0 aliphatic heterocycles. The second-order valence-electron chi connectivity index (χ2n) is 6.50. The number of amides is 1. The number of pyridine rings is 1. The van der Waals surface area contributed by atoms with Crippen LogP contribution in [-0.2, 0) is 9.53 Å². The molecule has 3 aromatic rings. The first kappa shape index (κ1) is 21.5. The van der Waals surface area contributed by atoms with E-state index in [1.54, 1.807) is 55.5 Å². The van der Waals surface area contributed by atoms with Gasteiger partial charge in [-0.1, -0.05) is 41.9 Å². The fourth-order valence-corrected chi connectivity index (χ4v) is 3.24. The minimum atomic E-state index is -0.659. The lowest BCUT2D eigenvalue weighted by Gasteiger charge is -2.19. The molecule has 1 atom stereocenters. The van der Waals surface area contributed by atoms with E-state index in [-0.39, 0.29) is 18.8 Å². The molecule has 1 unspecified atom stereocenters. The third-order valence-corrected chi connectivity index (χ3v) is 4.75. The van der Waals surface area contributed by atoms with E-state index in [1.165, 1.54) is 18.3 Å². The smallest absolute Gasteiger partial charge is 0.308 e. The van der Waals surface area contributed by atoms with Crippen LogP contribution in [0.5, 0.6) is 0 Å². The number of nitrogens with one attached hydrogen (secondary N) is 1. The normalized spacial score (nSPS) is 11.6. The molecule has 30 heavy (non-hydrogen) atoms. The molecule has 1 aromatic heterocycles. The zero-order valence-corrected chi connectivity index (χ0v) is 17.0. The van der Waals surface area contributed by atoms with Crippen molar-refractivity contribution in [1.82, 2.24) is 10.3 Å². The molecule has 0 aliphatic rings. The largest absolute Gasteiger partial charge is 0.466 e. The number of benzene rings is 2. The summed E-state index contributed by atoms with van der Waals surface area (Å²) < 4.78 is 18.4. The van der Waals surface area contributed by atoms with Crippen LogP contribution in [-0.4, -0.2) is 23.5 Å².